The van der Waals surface area contributed by atoms with Crippen LogP contribution >= 0.6 is 23.2 Å². The Morgan fingerprint density at radius 1 is 0.661 bits per heavy atom. The van der Waals surface area contributed by atoms with Gasteiger partial charge in [-0.1, -0.05) is 106 Å². The number of aryl methyl sites for hydroxylation is 1. The molecule has 2 aliphatic carbocycles. The molecular weight excluding hydrogens is 755 g/mol. The molecule has 2 heterocycles. The number of unbranched alkanes of at least 4 members (excludes halogenated alkanes) is 4. The number of hydrogen-bond acceptors (Lipinski definition) is 9. The van der Waals surface area contributed by atoms with Gasteiger partial charge in [-0.25, -0.2) is 9.59 Å². The van der Waals surface area contributed by atoms with Crippen molar-refractivity contribution in [2.75, 3.05) is 0 Å². The van der Waals surface area contributed by atoms with Crippen molar-refractivity contribution in [2.24, 2.45) is 23.7 Å². The van der Waals surface area contributed by atoms with E-state index in [0.717, 1.165) is 97.1 Å². The van der Waals surface area contributed by atoms with Crippen LogP contribution in [0.5, 0.6) is 5.75 Å². The minimum atomic E-state index is -0.654. The van der Waals surface area contributed by atoms with E-state index in [1.165, 1.54) is 0 Å². The number of aliphatic hydroxyl groups is 2. The molecule has 56 heavy (non-hydrogen) atoms. The zero-order valence-electron chi connectivity index (χ0n) is 33.1. The zero-order valence-corrected chi connectivity index (χ0v) is 34.6. The average molecular weight is 816 g/mol. The molecule has 0 aromatic heterocycles. The Balaban J connectivity index is 0.000000214. The van der Waals surface area contributed by atoms with Crippen LogP contribution in [0.4, 0.5) is 9.59 Å². The quantitative estimate of drug-likeness (QED) is 0.0764. The van der Waals surface area contributed by atoms with Crippen molar-refractivity contribution in [3.8, 4) is 5.75 Å². The SMILES string of the molecule is C=C1[C@H]2OC(=O)O[C@H]2[C@H](CC[C@@H](O)CCCCC)[C@H]1Cc1cc(C)ccc1Cl.C=C1[C@H]2OC(=O)O[C@H]2[C@H](CC[C@@H](O)CCCCC)[C@H]1Cc1cc(O)ccc1Cl. The summed E-state index contributed by atoms with van der Waals surface area (Å²) < 4.78 is 21.6. The predicted molar refractivity (Wildman–Crippen MR) is 218 cm³/mol. The first-order valence-corrected chi connectivity index (χ1v) is 21.3. The van der Waals surface area contributed by atoms with Crippen LogP contribution in [0.25, 0.3) is 0 Å². The van der Waals surface area contributed by atoms with Gasteiger partial charge in [0.15, 0.2) is 12.2 Å². The molecule has 0 bridgehead atoms. The number of carbonyl (C=O) groups excluding carboxylic acids is 2. The van der Waals surface area contributed by atoms with Gasteiger partial charge in [-0.3, -0.25) is 0 Å². The Hall–Kier alpha value is -3.24. The zero-order chi connectivity index (χ0) is 40.5. The standard InChI is InChI=1S/C23H31ClO4.C22H29ClO5/c1-4-5-6-7-17(25)9-10-18-19(13-16-12-14(2)8-11-20(16)24)15(3)21-22(18)28-23(26)27-21;1-3-4-5-6-15(24)7-9-17-18(12-14-11-16(25)8-10-19(14)23)13(2)20-21(17)28-22(26)27-20/h8,11-12,17-19,21-22,25H,3-7,9-10,13H2,1-2H3;8,10-11,15,17-18,20-21,24-25H,2-7,9,12H2,1H3/t17-,18+,19-,21+,22-;15-,17+,18-,20+,21-/m00/s1. The number of benzene rings is 2. The van der Waals surface area contributed by atoms with Gasteiger partial charge < -0.3 is 34.3 Å². The highest BCUT2D eigenvalue weighted by Crippen LogP contribution is 2.49. The number of carbonyl (C=O) groups is 2. The van der Waals surface area contributed by atoms with Crippen molar-refractivity contribution in [1.29, 1.82) is 0 Å². The highest BCUT2D eigenvalue weighted by molar-refractivity contribution is 6.31. The summed E-state index contributed by atoms with van der Waals surface area (Å²) in [6.45, 7) is 14.8. The fraction of sp³-hybridized carbons (Fsp3) is 0.600. The van der Waals surface area contributed by atoms with Gasteiger partial charge >= 0.3 is 12.3 Å². The van der Waals surface area contributed by atoms with E-state index in [1.54, 1.807) is 18.2 Å². The summed E-state index contributed by atoms with van der Waals surface area (Å²) in [6.07, 6.45) is 8.88. The van der Waals surface area contributed by atoms with Crippen molar-refractivity contribution in [2.45, 2.75) is 147 Å². The molecule has 6 rings (SSSR count). The van der Waals surface area contributed by atoms with E-state index in [1.807, 2.05) is 19.1 Å². The van der Waals surface area contributed by atoms with E-state index >= 15 is 0 Å². The third kappa shape index (κ3) is 11.0. The van der Waals surface area contributed by atoms with Crippen LogP contribution in [0.3, 0.4) is 0 Å². The van der Waals surface area contributed by atoms with E-state index in [0.29, 0.717) is 30.7 Å². The Kier molecular flexibility index (Phi) is 16.0. The average Bonchev–Trinajstić information content (AvgIpc) is 3.86. The summed E-state index contributed by atoms with van der Waals surface area (Å²) in [5, 5.41) is 31.8. The molecule has 0 spiro atoms. The molecule has 4 aliphatic rings. The van der Waals surface area contributed by atoms with Gasteiger partial charge in [0, 0.05) is 21.9 Å². The maximum atomic E-state index is 11.7. The second kappa shape index (κ2) is 20.4. The fourth-order valence-corrected chi connectivity index (χ4v) is 9.42. The molecule has 2 aliphatic heterocycles. The topological polar surface area (TPSA) is 132 Å². The first-order chi connectivity index (χ1) is 26.8. The molecule has 11 heteroatoms. The van der Waals surface area contributed by atoms with Crippen LogP contribution in [0.15, 0.2) is 60.7 Å². The molecule has 0 amide bonds. The van der Waals surface area contributed by atoms with E-state index in [4.69, 9.17) is 42.1 Å². The van der Waals surface area contributed by atoms with Crippen molar-refractivity contribution in [3.63, 3.8) is 0 Å². The number of phenolic OH excluding ortho intramolecular Hbond substituents is 1. The van der Waals surface area contributed by atoms with E-state index in [2.05, 4.69) is 33.1 Å². The summed E-state index contributed by atoms with van der Waals surface area (Å²) >= 11 is 12.7. The summed E-state index contributed by atoms with van der Waals surface area (Å²) in [4.78, 5) is 23.3. The monoisotopic (exact) mass is 814 g/mol. The number of hydrogen-bond donors (Lipinski definition) is 3. The Bertz CT molecular complexity index is 1560. The normalized spacial score (nSPS) is 27.4. The van der Waals surface area contributed by atoms with Crippen LogP contribution in [-0.4, -0.2) is 64.3 Å². The van der Waals surface area contributed by atoms with Crippen LogP contribution in [-0.2, 0) is 31.8 Å². The number of rotatable bonds is 18. The first kappa shape index (κ1) is 43.9. The van der Waals surface area contributed by atoms with E-state index in [-0.39, 0.29) is 59.9 Å². The van der Waals surface area contributed by atoms with Gasteiger partial charge in [0.25, 0.3) is 0 Å². The van der Waals surface area contributed by atoms with Crippen molar-refractivity contribution in [3.05, 3.63) is 87.4 Å². The smallest absolute Gasteiger partial charge is 0.508 e. The molecule has 3 N–H and O–H groups in total. The van der Waals surface area contributed by atoms with Gasteiger partial charge in [0.05, 0.1) is 12.2 Å². The van der Waals surface area contributed by atoms with Gasteiger partial charge in [-0.05, 0) is 117 Å². The van der Waals surface area contributed by atoms with Crippen molar-refractivity contribution in [1.82, 2.24) is 0 Å². The number of fused-ring (bicyclic) bond motifs is 2. The van der Waals surface area contributed by atoms with Gasteiger partial charge in [0.2, 0.25) is 0 Å². The van der Waals surface area contributed by atoms with Gasteiger partial charge in [0.1, 0.15) is 18.0 Å². The molecule has 308 valence electrons. The number of phenols is 1. The number of ether oxygens (including phenoxy) is 4. The Morgan fingerprint density at radius 3 is 1.57 bits per heavy atom. The molecule has 0 radical (unpaired) electrons. The molecule has 10 atom stereocenters. The first-order valence-electron chi connectivity index (χ1n) is 20.5. The minimum Gasteiger partial charge on any atom is -0.508 e. The third-order valence-corrected chi connectivity index (χ3v) is 12.9. The summed E-state index contributed by atoms with van der Waals surface area (Å²) in [7, 11) is 0. The van der Waals surface area contributed by atoms with Crippen LogP contribution in [0.1, 0.15) is 108 Å². The predicted octanol–water partition coefficient (Wildman–Crippen LogP) is 10.6. The lowest BCUT2D eigenvalue weighted by Crippen LogP contribution is -2.26. The van der Waals surface area contributed by atoms with Crippen molar-refractivity contribution >= 4 is 35.5 Å². The maximum absolute atomic E-state index is 11.7. The largest absolute Gasteiger partial charge is 0.509 e. The molecule has 2 saturated heterocycles. The fourth-order valence-electron chi connectivity index (χ4n) is 9.04. The molecule has 9 nitrogen and oxygen atoms in total. The summed E-state index contributed by atoms with van der Waals surface area (Å²) in [5.74, 6) is 0.369. The Labute approximate surface area is 342 Å². The summed E-state index contributed by atoms with van der Waals surface area (Å²) in [6, 6.07) is 10.9. The second-order valence-electron chi connectivity index (χ2n) is 16.2. The second-order valence-corrected chi connectivity index (χ2v) is 17.0. The highest BCUT2D eigenvalue weighted by Gasteiger charge is 2.55. The maximum Gasteiger partial charge on any atom is 0.509 e. The highest BCUT2D eigenvalue weighted by atomic mass is 35.5. The summed E-state index contributed by atoms with van der Waals surface area (Å²) in [5.41, 5.74) is 4.79. The molecular formula is C45H60Cl2O9. The number of aliphatic hydroxyl groups excluding tert-OH is 2. The van der Waals surface area contributed by atoms with Crippen molar-refractivity contribution < 1.29 is 43.9 Å². The number of aromatic hydroxyl groups is 1. The lowest BCUT2D eigenvalue weighted by Gasteiger charge is -2.24. The molecule has 0 unspecified atom stereocenters. The lowest BCUT2D eigenvalue weighted by molar-refractivity contribution is 0.0763. The molecule has 2 saturated carbocycles. The van der Waals surface area contributed by atoms with Crippen LogP contribution in [0, 0.1) is 30.6 Å². The number of halogens is 2. The van der Waals surface area contributed by atoms with E-state index in [9.17, 15) is 24.9 Å². The van der Waals surface area contributed by atoms with Crippen LogP contribution < -0.4 is 0 Å². The Morgan fingerprint density at radius 2 is 1.11 bits per heavy atom. The van der Waals surface area contributed by atoms with Gasteiger partial charge in [-0.15, -0.1) is 0 Å². The lowest BCUT2D eigenvalue weighted by atomic mass is 9.83. The molecule has 4 fully saturated rings. The third-order valence-electron chi connectivity index (χ3n) is 12.1. The van der Waals surface area contributed by atoms with Gasteiger partial charge in [-0.2, -0.15) is 0 Å². The van der Waals surface area contributed by atoms with Crippen LogP contribution in [0.2, 0.25) is 10.0 Å². The molecule has 2 aromatic carbocycles. The van der Waals surface area contributed by atoms with E-state index < -0.39 is 18.4 Å². The minimum absolute atomic E-state index is 0.00295. The molecule has 2 aromatic rings.